The second-order valence-electron chi connectivity index (χ2n) is 4.25. The van der Waals surface area contributed by atoms with Crippen molar-refractivity contribution in [1.29, 1.82) is 0 Å². The van der Waals surface area contributed by atoms with Gasteiger partial charge in [0.2, 0.25) is 0 Å². The minimum Gasteiger partial charge on any atom is -0.337 e. The van der Waals surface area contributed by atoms with Gasteiger partial charge in [0.05, 0.1) is 0 Å². The van der Waals surface area contributed by atoms with E-state index >= 15 is 0 Å². The third kappa shape index (κ3) is 2.49. The van der Waals surface area contributed by atoms with Crippen molar-refractivity contribution in [2.24, 2.45) is 0 Å². The van der Waals surface area contributed by atoms with Gasteiger partial charge in [0.25, 0.3) is 0 Å². The van der Waals surface area contributed by atoms with E-state index in [2.05, 4.69) is 28.3 Å². The van der Waals surface area contributed by atoms with Crippen LogP contribution in [0.3, 0.4) is 0 Å². The van der Waals surface area contributed by atoms with Crippen LogP contribution in [0.1, 0.15) is 25.5 Å². The van der Waals surface area contributed by atoms with E-state index in [-0.39, 0.29) is 0 Å². The van der Waals surface area contributed by atoms with E-state index in [1.807, 2.05) is 6.20 Å². The number of hydrogen-bond donors (Lipinski definition) is 1. The SMILES string of the molecule is CCN(CCn1c(C)c[nH]c1=S)C1CC1. The van der Waals surface area contributed by atoms with E-state index < -0.39 is 0 Å². The van der Waals surface area contributed by atoms with Crippen LogP contribution < -0.4 is 0 Å². The molecule has 0 spiro atoms. The smallest absolute Gasteiger partial charge is 0.177 e. The fourth-order valence-electron chi connectivity index (χ4n) is 2.03. The molecule has 0 radical (unpaired) electrons. The first-order valence-corrected chi connectivity index (χ1v) is 6.12. The quantitative estimate of drug-likeness (QED) is 0.778. The molecule has 84 valence electrons. The summed E-state index contributed by atoms with van der Waals surface area (Å²) in [5, 5.41) is 0. The van der Waals surface area contributed by atoms with Crippen molar-refractivity contribution in [2.75, 3.05) is 13.1 Å². The first-order chi connectivity index (χ1) is 7.22. The van der Waals surface area contributed by atoms with Gasteiger partial charge in [-0.3, -0.25) is 4.90 Å². The van der Waals surface area contributed by atoms with Crippen LogP contribution in [0.25, 0.3) is 0 Å². The highest BCUT2D eigenvalue weighted by Gasteiger charge is 2.27. The lowest BCUT2D eigenvalue weighted by atomic mass is 10.4. The van der Waals surface area contributed by atoms with Crippen molar-refractivity contribution >= 4 is 12.2 Å². The second kappa shape index (κ2) is 4.49. The Morgan fingerprint density at radius 2 is 2.33 bits per heavy atom. The molecule has 1 aliphatic carbocycles. The summed E-state index contributed by atoms with van der Waals surface area (Å²) in [6.07, 6.45) is 4.74. The maximum atomic E-state index is 5.23. The highest BCUT2D eigenvalue weighted by Crippen LogP contribution is 2.26. The van der Waals surface area contributed by atoms with Gasteiger partial charge in [-0.05, 0) is 38.5 Å². The Bertz CT molecular complexity index is 375. The largest absolute Gasteiger partial charge is 0.337 e. The summed E-state index contributed by atoms with van der Waals surface area (Å²) in [5.41, 5.74) is 1.23. The van der Waals surface area contributed by atoms with Crippen molar-refractivity contribution < 1.29 is 0 Å². The number of aromatic amines is 1. The Morgan fingerprint density at radius 3 is 2.80 bits per heavy atom. The minimum atomic E-state index is 0.847. The summed E-state index contributed by atoms with van der Waals surface area (Å²) in [4.78, 5) is 5.63. The molecule has 15 heavy (non-hydrogen) atoms. The standard InChI is InChI=1S/C11H19N3S/c1-3-13(10-4-5-10)6-7-14-9(2)8-12-11(14)15/h8,10H,3-7H2,1-2H3,(H,12,15). The number of aryl methyl sites for hydroxylation is 1. The number of hydrogen-bond acceptors (Lipinski definition) is 2. The molecule has 0 aliphatic heterocycles. The molecule has 0 unspecified atom stereocenters. The summed E-state index contributed by atoms with van der Waals surface area (Å²) in [6.45, 7) is 7.62. The molecule has 1 N–H and O–H groups in total. The number of likely N-dealkylation sites (N-methyl/N-ethyl adjacent to an activating group) is 1. The van der Waals surface area contributed by atoms with Crippen molar-refractivity contribution in [2.45, 2.75) is 39.3 Å². The molecule has 0 amide bonds. The van der Waals surface area contributed by atoms with Crippen molar-refractivity contribution in [3.63, 3.8) is 0 Å². The normalized spacial score (nSPS) is 16.2. The van der Waals surface area contributed by atoms with Gasteiger partial charge < -0.3 is 9.55 Å². The molecule has 0 saturated heterocycles. The van der Waals surface area contributed by atoms with E-state index in [1.54, 1.807) is 0 Å². The molecule has 3 nitrogen and oxygen atoms in total. The summed E-state index contributed by atoms with van der Waals surface area (Å²) < 4.78 is 3.03. The van der Waals surface area contributed by atoms with Gasteiger partial charge in [-0.25, -0.2) is 0 Å². The highest BCUT2D eigenvalue weighted by molar-refractivity contribution is 7.71. The molecule has 0 atom stereocenters. The Balaban J connectivity index is 1.94. The van der Waals surface area contributed by atoms with E-state index in [0.29, 0.717) is 0 Å². The minimum absolute atomic E-state index is 0.847. The fraction of sp³-hybridized carbons (Fsp3) is 0.727. The van der Waals surface area contributed by atoms with Crippen LogP contribution in [0.2, 0.25) is 0 Å². The molecule has 1 aromatic heterocycles. The number of nitrogens with one attached hydrogen (secondary N) is 1. The summed E-state index contributed by atoms with van der Waals surface area (Å²) >= 11 is 5.23. The van der Waals surface area contributed by atoms with Gasteiger partial charge in [0, 0.05) is 31.0 Å². The van der Waals surface area contributed by atoms with Crippen molar-refractivity contribution in [3.05, 3.63) is 16.7 Å². The number of nitrogens with zero attached hydrogens (tertiary/aromatic N) is 2. The van der Waals surface area contributed by atoms with Crippen LogP contribution in [-0.4, -0.2) is 33.6 Å². The Labute approximate surface area is 96.1 Å². The second-order valence-corrected chi connectivity index (χ2v) is 4.63. The number of aromatic nitrogens is 2. The Kier molecular flexibility index (Phi) is 3.26. The maximum Gasteiger partial charge on any atom is 0.177 e. The first-order valence-electron chi connectivity index (χ1n) is 5.71. The fourth-order valence-corrected chi connectivity index (χ4v) is 2.32. The van der Waals surface area contributed by atoms with E-state index in [4.69, 9.17) is 12.2 Å². The Morgan fingerprint density at radius 1 is 1.60 bits per heavy atom. The summed E-state index contributed by atoms with van der Waals surface area (Å²) in [5.74, 6) is 0. The molecule has 0 aromatic carbocycles. The number of H-pyrrole nitrogens is 1. The molecular weight excluding hydrogens is 206 g/mol. The molecule has 1 aromatic rings. The molecule has 4 heteroatoms. The van der Waals surface area contributed by atoms with Gasteiger partial charge in [0.15, 0.2) is 4.77 Å². The molecule has 1 fully saturated rings. The predicted octanol–water partition coefficient (Wildman–Crippen LogP) is 2.34. The average Bonchev–Trinajstić information content (AvgIpc) is 3.00. The summed E-state index contributed by atoms with van der Waals surface area (Å²) in [7, 11) is 0. The summed E-state index contributed by atoms with van der Waals surface area (Å²) in [6, 6.07) is 0.850. The molecule has 2 rings (SSSR count). The van der Waals surface area contributed by atoms with Gasteiger partial charge in [0.1, 0.15) is 0 Å². The average molecular weight is 225 g/mol. The van der Waals surface area contributed by atoms with Crippen LogP contribution in [0.5, 0.6) is 0 Å². The predicted molar refractivity (Wildman–Crippen MR) is 64.6 cm³/mol. The van der Waals surface area contributed by atoms with Crippen LogP contribution in [0.15, 0.2) is 6.20 Å². The topological polar surface area (TPSA) is 24.0 Å². The van der Waals surface area contributed by atoms with Crippen molar-refractivity contribution in [3.8, 4) is 0 Å². The van der Waals surface area contributed by atoms with Crippen LogP contribution in [0, 0.1) is 11.7 Å². The molecule has 1 aliphatic rings. The molecule has 1 saturated carbocycles. The van der Waals surface area contributed by atoms with Gasteiger partial charge >= 0.3 is 0 Å². The zero-order valence-corrected chi connectivity index (χ0v) is 10.3. The van der Waals surface area contributed by atoms with Crippen LogP contribution in [0.4, 0.5) is 0 Å². The lowest BCUT2D eigenvalue weighted by Gasteiger charge is -2.20. The maximum absolute atomic E-state index is 5.23. The molecular formula is C11H19N3S. The van der Waals surface area contributed by atoms with Gasteiger partial charge in [-0.2, -0.15) is 0 Å². The zero-order chi connectivity index (χ0) is 10.8. The van der Waals surface area contributed by atoms with Gasteiger partial charge in [-0.15, -0.1) is 0 Å². The number of imidazole rings is 1. The third-order valence-corrected chi connectivity index (χ3v) is 3.49. The van der Waals surface area contributed by atoms with Crippen LogP contribution in [-0.2, 0) is 6.54 Å². The van der Waals surface area contributed by atoms with E-state index in [0.717, 1.165) is 30.4 Å². The van der Waals surface area contributed by atoms with Crippen molar-refractivity contribution in [1.82, 2.24) is 14.5 Å². The van der Waals surface area contributed by atoms with E-state index in [9.17, 15) is 0 Å². The van der Waals surface area contributed by atoms with Crippen LogP contribution >= 0.6 is 12.2 Å². The highest BCUT2D eigenvalue weighted by atomic mass is 32.1. The zero-order valence-electron chi connectivity index (χ0n) is 9.49. The van der Waals surface area contributed by atoms with Gasteiger partial charge in [-0.1, -0.05) is 6.92 Å². The first kappa shape index (κ1) is 10.9. The Hall–Kier alpha value is -0.610. The molecule has 1 heterocycles. The third-order valence-electron chi connectivity index (χ3n) is 3.16. The van der Waals surface area contributed by atoms with E-state index in [1.165, 1.54) is 18.5 Å². The lowest BCUT2D eigenvalue weighted by molar-refractivity contribution is 0.265. The number of rotatable bonds is 5. The monoisotopic (exact) mass is 225 g/mol. The lowest BCUT2D eigenvalue weighted by Crippen LogP contribution is -2.29. The molecule has 0 bridgehead atoms.